The number of hydrogen-bond donors (Lipinski definition) is 2. The number of hydrogen-bond acceptors (Lipinski definition) is 9. The van der Waals surface area contributed by atoms with Crippen molar-refractivity contribution in [2.24, 2.45) is 0 Å². The highest BCUT2D eigenvalue weighted by Crippen LogP contribution is 2.46. The second-order valence-corrected chi connectivity index (χ2v) is 12.0. The molecule has 2 N–H and O–H groups in total. The number of rotatable bonds is 8. The number of aromatic amines is 1. The van der Waals surface area contributed by atoms with Gasteiger partial charge in [0.1, 0.15) is 29.6 Å². The van der Waals surface area contributed by atoms with Crippen molar-refractivity contribution in [3.63, 3.8) is 0 Å². The third-order valence-corrected chi connectivity index (χ3v) is 8.96. The van der Waals surface area contributed by atoms with E-state index in [2.05, 4.69) is 35.7 Å². The number of pyridine rings is 1. The third-order valence-electron chi connectivity index (χ3n) is 8.33. The number of aliphatic hydroxyl groups is 1. The Bertz CT molecular complexity index is 1740. The van der Waals surface area contributed by atoms with Crippen molar-refractivity contribution >= 4 is 29.0 Å². The van der Waals surface area contributed by atoms with Crippen LogP contribution < -0.4 is 9.64 Å². The molecule has 1 saturated carbocycles. The Balaban J connectivity index is 1.06. The molecule has 12 heteroatoms. The van der Waals surface area contributed by atoms with Gasteiger partial charge in [-0.15, -0.1) is 5.10 Å². The van der Waals surface area contributed by atoms with Crippen LogP contribution in [0.3, 0.4) is 0 Å². The Morgan fingerprint density at radius 3 is 2.65 bits per heavy atom. The van der Waals surface area contributed by atoms with Gasteiger partial charge in [-0.1, -0.05) is 46.6 Å². The van der Waals surface area contributed by atoms with E-state index in [0.717, 1.165) is 46.7 Å². The number of nitrogens with zero attached hydrogens (tertiary/aromatic N) is 6. The van der Waals surface area contributed by atoms with E-state index in [4.69, 9.17) is 32.5 Å². The van der Waals surface area contributed by atoms with Crippen LogP contribution in [0.4, 0.5) is 5.82 Å². The molecule has 1 aliphatic heterocycles. The van der Waals surface area contributed by atoms with E-state index in [1.807, 2.05) is 49.4 Å². The van der Waals surface area contributed by atoms with Gasteiger partial charge in [0.05, 0.1) is 21.2 Å². The molecule has 43 heavy (non-hydrogen) atoms. The van der Waals surface area contributed by atoms with Crippen LogP contribution in [0.2, 0.25) is 10.0 Å². The summed E-state index contributed by atoms with van der Waals surface area (Å²) in [4.78, 5) is 6.66. The van der Waals surface area contributed by atoms with Gasteiger partial charge in [-0.05, 0) is 78.9 Å². The lowest BCUT2D eigenvalue weighted by Crippen LogP contribution is -2.43. The Kier molecular flexibility index (Phi) is 7.28. The topological polar surface area (TPSA) is 126 Å². The van der Waals surface area contributed by atoms with E-state index >= 15 is 0 Å². The predicted octanol–water partition coefficient (Wildman–Crippen LogP) is 6.48. The molecule has 2 aliphatic rings. The van der Waals surface area contributed by atoms with Crippen molar-refractivity contribution in [1.29, 1.82) is 0 Å². The van der Waals surface area contributed by atoms with E-state index in [-0.39, 0.29) is 6.61 Å². The van der Waals surface area contributed by atoms with Crippen LogP contribution in [0.25, 0.3) is 22.6 Å². The maximum atomic E-state index is 11.6. The molecule has 2 fully saturated rings. The molecule has 7 rings (SSSR count). The van der Waals surface area contributed by atoms with Crippen molar-refractivity contribution in [2.45, 2.75) is 50.7 Å². The van der Waals surface area contributed by atoms with Crippen LogP contribution in [0.5, 0.6) is 5.75 Å². The quantitative estimate of drug-likeness (QED) is 0.201. The number of tetrazole rings is 1. The van der Waals surface area contributed by atoms with Crippen molar-refractivity contribution in [1.82, 2.24) is 30.8 Å². The highest BCUT2D eigenvalue weighted by Gasteiger charge is 2.37. The number of H-pyrrole nitrogens is 1. The van der Waals surface area contributed by atoms with Crippen LogP contribution in [-0.2, 0) is 12.2 Å². The zero-order chi connectivity index (χ0) is 29.6. The van der Waals surface area contributed by atoms with Gasteiger partial charge >= 0.3 is 0 Å². The second-order valence-electron chi connectivity index (χ2n) is 11.2. The van der Waals surface area contributed by atoms with Gasteiger partial charge in [0.2, 0.25) is 0 Å². The highest BCUT2D eigenvalue weighted by atomic mass is 35.5. The molecule has 4 heterocycles. The first-order valence-electron chi connectivity index (χ1n) is 14.2. The number of halogens is 2. The minimum Gasteiger partial charge on any atom is -0.489 e. The highest BCUT2D eigenvalue weighted by molar-refractivity contribution is 6.33. The molecule has 0 amide bonds. The molecule has 1 aliphatic carbocycles. The molecule has 5 aromatic rings. The minimum atomic E-state index is -1.07. The van der Waals surface area contributed by atoms with Gasteiger partial charge < -0.3 is 19.3 Å². The average Bonchev–Trinajstić information content (AvgIpc) is 3.52. The predicted molar refractivity (Wildman–Crippen MR) is 162 cm³/mol. The van der Waals surface area contributed by atoms with Crippen LogP contribution in [-0.4, -0.2) is 49.0 Å². The lowest BCUT2D eigenvalue weighted by Gasteiger charge is -2.39. The fourth-order valence-corrected chi connectivity index (χ4v) is 6.43. The Labute approximate surface area is 258 Å². The van der Waals surface area contributed by atoms with Crippen LogP contribution in [0.1, 0.15) is 54.1 Å². The smallest absolute Gasteiger partial charge is 0.179 e. The average molecular weight is 619 g/mol. The Hall–Kier alpha value is -3.99. The normalized spacial score (nSPS) is 16.4. The standard InChI is InChI=1S/C31H29Cl2N7O3/c1-18-3-2-4-24(32)27(18)28-22(29(43-37-28)19-5-6-19)17-42-21-7-8-23(25(33)16-21)31(41)10-13-40(14-11-31)26-15-20(9-12-34-26)30-35-38-39-36-30/h2-4,7-9,12,15-16,19,41H,5-6,10-11,13-14,17H2,1H3,(H,35,36,38,39). The maximum absolute atomic E-state index is 11.6. The maximum Gasteiger partial charge on any atom is 0.179 e. The van der Waals surface area contributed by atoms with E-state index in [1.165, 1.54) is 0 Å². The molecular formula is C31H29Cl2N7O3. The SMILES string of the molecule is Cc1cccc(Cl)c1-c1noc(C2CC2)c1COc1ccc(C2(O)CCN(c3cc(-c4nnn[nH]4)ccn3)CC2)c(Cl)c1. The van der Waals surface area contributed by atoms with Gasteiger partial charge in [-0.3, -0.25) is 0 Å². The summed E-state index contributed by atoms with van der Waals surface area (Å²) >= 11 is 13.3. The summed E-state index contributed by atoms with van der Waals surface area (Å²) in [5.74, 6) is 3.19. The van der Waals surface area contributed by atoms with Gasteiger partial charge in [0, 0.05) is 41.9 Å². The third kappa shape index (κ3) is 5.46. The molecule has 0 spiro atoms. The molecule has 3 aromatic heterocycles. The second kappa shape index (κ2) is 11.3. The van der Waals surface area contributed by atoms with Crippen molar-refractivity contribution < 1.29 is 14.4 Å². The molecular weight excluding hydrogens is 589 g/mol. The van der Waals surface area contributed by atoms with Crippen molar-refractivity contribution in [2.75, 3.05) is 18.0 Å². The molecule has 0 radical (unpaired) electrons. The molecule has 0 bridgehead atoms. The lowest BCUT2D eigenvalue weighted by atomic mass is 9.84. The number of piperidine rings is 1. The fourth-order valence-electron chi connectivity index (χ4n) is 5.77. The zero-order valence-corrected chi connectivity index (χ0v) is 24.9. The van der Waals surface area contributed by atoms with E-state index in [1.54, 1.807) is 12.3 Å². The summed E-state index contributed by atoms with van der Waals surface area (Å²) in [6.07, 6.45) is 4.86. The number of ether oxygens (including phenoxy) is 1. The first-order chi connectivity index (χ1) is 20.9. The summed E-state index contributed by atoms with van der Waals surface area (Å²) < 4.78 is 12.0. The molecule has 2 aromatic carbocycles. The van der Waals surface area contributed by atoms with E-state index in [9.17, 15) is 5.11 Å². The van der Waals surface area contributed by atoms with Gasteiger partial charge in [-0.2, -0.15) is 0 Å². The first kappa shape index (κ1) is 27.8. The van der Waals surface area contributed by atoms with Crippen LogP contribution >= 0.6 is 23.2 Å². The van der Waals surface area contributed by atoms with Crippen LogP contribution in [0, 0.1) is 6.92 Å². The van der Waals surface area contributed by atoms with Gasteiger partial charge in [0.15, 0.2) is 5.82 Å². The number of aryl methyl sites for hydroxylation is 1. The number of nitrogens with one attached hydrogen (secondary N) is 1. The molecule has 0 unspecified atom stereocenters. The van der Waals surface area contributed by atoms with Crippen molar-refractivity contribution in [3.8, 4) is 28.4 Å². The van der Waals surface area contributed by atoms with Gasteiger partial charge in [-0.25, -0.2) is 10.1 Å². The monoisotopic (exact) mass is 617 g/mol. The van der Waals surface area contributed by atoms with Crippen molar-refractivity contribution in [3.05, 3.63) is 87.2 Å². The summed E-state index contributed by atoms with van der Waals surface area (Å²) in [6.45, 7) is 3.49. The Morgan fingerprint density at radius 2 is 1.93 bits per heavy atom. The molecule has 220 valence electrons. The van der Waals surface area contributed by atoms with Crippen LogP contribution in [0.15, 0.2) is 59.3 Å². The first-order valence-corrected chi connectivity index (χ1v) is 15.0. The summed E-state index contributed by atoms with van der Waals surface area (Å²) in [5.41, 5.74) is 3.96. The van der Waals surface area contributed by atoms with E-state index in [0.29, 0.717) is 64.7 Å². The summed E-state index contributed by atoms with van der Waals surface area (Å²) in [6, 6.07) is 15.1. The van der Waals surface area contributed by atoms with E-state index < -0.39 is 5.60 Å². The zero-order valence-electron chi connectivity index (χ0n) is 23.4. The fraction of sp³-hybridized carbons (Fsp3) is 0.323. The number of aromatic nitrogens is 6. The number of anilines is 1. The summed E-state index contributed by atoms with van der Waals surface area (Å²) in [7, 11) is 0. The Morgan fingerprint density at radius 1 is 1.09 bits per heavy atom. The minimum absolute atomic E-state index is 0.264. The molecule has 0 atom stereocenters. The van der Waals surface area contributed by atoms with Gasteiger partial charge in [0.25, 0.3) is 0 Å². The lowest BCUT2D eigenvalue weighted by molar-refractivity contribution is 0.0117. The molecule has 10 nitrogen and oxygen atoms in total. The number of benzene rings is 2. The molecule has 1 saturated heterocycles. The largest absolute Gasteiger partial charge is 0.489 e. The summed E-state index contributed by atoms with van der Waals surface area (Å²) in [5, 5.41) is 31.2.